The minimum Gasteiger partial charge on any atom is -0.382 e. The van der Waals surface area contributed by atoms with Crippen molar-refractivity contribution >= 4 is 27.3 Å². The molecule has 0 bridgehead atoms. The molecule has 1 fully saturated rings. The van der Waals surface area contributed by atoms with Gasteiger partial charge in [-0.2, -0.15) is 0 Å². The number of alkyl halides is 1. The van der Waals surface area contributed by atoms with E-state index in [4.69, 9.17) is 4.74 Å². The van der Waals surface area contributed by atoms with Crippen molar-refractivity contribution in [1.82, 2.24) is 4.98 Å². The second-order valence-electron chi connectivity index (χ2n) is 3.41. The van der Waals surface area contributed by atoms with E-state index < -0.39 is 5.60 Å². The van der Waals surface area contributed by atoms with Gasteiger partial charge in [-0.05, 0) is 0 Å². The third kappa shape index (κ3) is 2.00. The van der Waals surface area contributed by atoms with Crippen LogP contribution >= 0.6 is 27.3 Å². The van der Waals surface area contributed by atoms with Gasteiger partial charge in [-0.25, -0.2) is 4.98 Å². The summed E-state index contributed by atoms with van der Waals surface area (Å²) < 4.78 is 5.23. The molecule has 0 radical (unpaired) electrons. The molecule has 1 saturated heterocycles. The van der Waals surface area contributed by atoms with Gasteiger partial charge in [0.1, 0.15) is 10.6 Å². The lowest BCUT2D eigenvalue weighted by atomic mass is 9.95. The molecule has 14 heavy (non-hydrogen) atoms. The van der Waals surface area contributed by atoms with Crippen LogP contribution in [-0.4, -0.2) is 23.3 Å². The van der Waals surface area contributed by atoms with Gasteiger partial charge in [0.25, 0.3) is 0 Å². The fourth-order valence-corrected chi connectivity index (χ4v) is 2.90. The van der Waals surface area contributed by atoms with Crippen LogP contribution in [0.5, 0.6) is 0 Å². The van der Waals surface area contributed by atoms with Crippen molar-refractivity contribution in [1.29, 1.82) is 0 Å². The van der Waals surface area contributed by atoms with Crippen LogP contribution in [0.15, 0.2) is 6.20 Å². The number of hydrogen-bond donors (Lipinski definition) is 1. The molecule has 78 valence electrons. The van der Waals surface area contributed by atoms with Gasteiger partial charge in [0.2, 0.25) is 0 Å². The summed E-state index contributed by atoms with van der Waals surface area (Å²) in [6, 6.07) is 0. The Kier molecular flexibility index (Phi) is 3.21. The summed E-state index contributed by atoms with van der Waals surface area (Å²) in [5, 5.41) is 11.9. The molecule has 0 spiro atoms. The first-order chi connectivity index (χ1) is 6.74. The van der Waals surface area contributed by atoms with Gasteiger partial charge in [-0.3, -0.25) is 0 Å². The maximum atomic E-state index is 10.3. The lowest BCUT2D eigenvalue weighted by Crippen LogP contribution is -2.33. The van der Waals surface area contributed by atoms with E-state index in [1.54, 1.807) is 11.3 Å². The van der Waals surface area contributed by atoms with E-state index >= 15 is 0 Å². The molecule has 3 nitrogen and oxygen atoms in total. The molecule has 2 heterocycles. The van der Waals surface area contributed by atoms with E-state index in [1.807, 2.05) is 6.20 Å². The molecule has 0 atom stereocenters. The van der Waals surface area contributed by atoms with Gasteiger partial charge in [0.05, 0.1) is 0 Å². The molecule has 1 aliphatic heterocycles. The number of halogens is 1. The van der Waals surface area contributed by atoms with Gasteiger partial charge in [0.15, 0.2) is 0 Å². The number of nitrogens with zero attached hydrogens (tertiary/aromatic N) is 1. The minimum atomic E-state index is -0.747. The van der Waals surface area contributed by atoms with Crippen LogP contribution in [0.3, 0.4) is 0 Å². The Morgan fingerprint density at radius 2 is 2.29 bits per heavy atom. The predicted octanol–water partition coefficient (Wildman–Crippen LogP) is 2.04. The van der Waals surface area contributed by atoms with Gasteiger partial charge in [0, 0.05) is 42.5 Å². The Labute approximate surface area is 95.3 Å². The first-order valence-electron chi connectivity index (χ1n) is 4.56. The monoisotopic (exact) mass is 277 g/mol. The number of rotatable bonds is 2. The van der Waals surface area contributed by atoms with Crippen LogP contribution in [0.25, 0.3) is 0 Å². The summed E-state index contributed by atoms with van der Waals surface area (Å²) >= 11 is 4.95. The van der Waals surface area contributed by atoms with Crippen LogP contribution in [0, 0.1) is 0 Å². The summed E-state index contributed by atoms with van der Waals surface area (Å²) in [4.78, 5) is 5.42. The molecular weight excluding hydrogens is 266 g/mol. The van der Waals surface area contributed by atoms with E-state index in [1.165, 1.54) is 0 Å². The van der Waals surface area contributed by atoms with Gasteiger partial charge < -0.3 is 9.84 Å². The van der Waals surface area contributed by atoms with Crippen molar-refractivity contribution < 1.29 is 9.84 Å². The van der Waals surface area contributed by atoms with Crippen molar-refractivity contribution in [3.8, 4) is 0 Å². The third-order valence-corrected chi connectivity index (χ3v) is 4.57. The lowest BCUT2D eigenvalue weighted by Gasteiger charge is -2.29. The van der Waals surface area contributed by atoms with Crippen LogP contribution in [0.1, 0.15) is 22.7 Å². The quantitative estimate of drug-likeness (QED) is 0.842. The maximum Gasteiger partial charge on any atom is 0.125 e. The number of aliphatic hydroxyl groups is 1. The average molecular weight is 278 g/mol. The zero-order chi connectivity index (χ0) is 10.0. The SMILES string of the molecule is OC1(c2ncc(CBr)s2)CCOCC1. The zero-order valence-corrected chi connectivity index (χ0v) is 10.1. The molecule has 0 aliphatic carbocycles. The molecule has 1 aromatic heterocycles. The molecule has 0 saturated carbocycles. The fourth-order valence-electron chi connectivity index (χ4n) is 1.51. The fraction of sp³-hybridized carbons (Fsp3) is 0.667. The van der Waals surface area contributed by atoms with E-state index in [-0.39, 0.29) is 0 Å². The van der Waals surface area contributed by atoms with Crippen molar-refractivity contribution in [2.24, 2.45) is 0 Å². The highest BCUT2D eigenvalue weighted by molar-refractivity contribution is 9.08. The largest absolute Gasteiger partial charge is 0.382 e. The van der Waals surface area contributed by atoms with Crippen molar-refractivity contribution in [3.05, 3.63) is 16.1 Å². The van der Waals surface area contributed by atoms with E-state index in [9.17, 15) is 5.11 Å². The minimum absolute atomic E-state index is 0.625. The van der Waals surface area contributed by atoms with E-state index in [0.717, 1.165) is 15.2 Å². The van der Waals surface area contributed by atoms with Crippen LogP contribution < -0.4 is 0 Å². The molecule has 2 rings (SSSR count). The van der Waals surface area contributed by atoms with Crippen LogP contribution in [0.2, 0.25) is 0 Å². The second-order valence-corrected chi connectivity index (χ2v) is 5.09. The normalized spacial score (nSPS) is 21.0. The summed E-state index contributed by atoms with van der Waals surface area (Å²) in [5.41, 5.74) is -0.747. The molecular formula is C9H12BrNO2S. The van der Waals surface area contributed by atoms with Crippen molar-refractivity contribution in [2.45, 2.75) is 23.8 Å². The second kappa shape index (κ2) is 4.26. The highest BCUT2D eigenvalue weighted by Gasteiger charge is 2.34. The predicted molar refractivity (Wildman–Crippen MR) is 58.7 cm³/mol. The highest BCUT2D eigenvalue weighted by atomic mass is 79.9. The molecule has 0 unspecified atom stereocenters. The highest BCUT2D eigenvalue weighted by Crippen LogP contribution is 2.34. The number of thiazole rings is 1. The Morgan fingerprint density at radius 1 is 1.57 bits per heavy atom. The molecule has 5 heteroatoms. The standard InChI is InChI=1S/C9H12BrNO2S/c10-5-7-6-11-8(14-7)9(12)1-3-13-4-2-9/h6,12H,1-5H2. The van der Waals surface area contributed by atoms with Crippen molar-refractivity contribution in [2.75, 3.05) is 13.2 Å². The summed E-state index contributed by atoms with van der Waals surface area (Å²) in [7, 11) is 0. The molecule has 0 aromatic carbocycles. The van der Waals surface area contributed by atoms with Gasteiger partial charge >= 0.3 is 0 Å². The average Bonchev–Trinajstić information content (AvgIpc) is 2.67. The Hall–Kier alpha value is 0.0300. The lowest BCUT2D eigenvalue weighted by molar-refractivity contribution is -0.0679. The molecule has 0 amide bonds. The zero-order valence-electron chi connectivity index (χ0n) is 7.70. The van der Waals surface area contributed by atoms with E-state index in [0.29, 0.717) is 26.1 Å². The maximum absolute atomic E-state index is 10.3. The Morgan fingerprint density at radius 3 is 2.86 bits per heavy atom. The topological polar surface area (TPSA) is 42.4 Å². The van der Waals surface area contributed by atoms with Gasteiger partial charge in [-0.1, -0.05) is 15.9 Å². The molecule has 1 aliphatic rings. The van der Waals surface area contributed by atoms with Crippen LogP contribution in [-0.2, 0) is 15.7 Å². The number of hydrogen-bond acceptors (Lipinski definition) is 4. The Balaban J connectivity index is 2.19. The smallest absolute Gasteiger partial charge is 0.125 e. The van der Waals surface area contributed by atoms with Crippen molar-refractivity contribution in [3.63, 3.8) is 0 Å². The first kappa shape index (κ1) is 10.5. The molecule has 1 N–H and O–H groups in total. The van der Waals surface area contributed by atoms with Gasteiger partial charge in [-0.15, -0.1) is 11.3 Å². The number of aromatic nitrogens is 1. The summed E-state index contributed by atoms with van der Waals surface area (Å²) in [6.45, 7) is 1.25. The first-order valence-corrected chi connectivity index (χ1v) is 6.50. The summed E-state index contributed by atoms with van der Waals surface area (Å²) in [6.07, 6.45) is 3.13. The summed E-state index contributed by atoms with van der Waals surface area (Å²) in [5.74, 6) is 0. The Bertz CT molecular complexity index is 310. The molecule has 1 aromatic rings. The third-order valence-electron chi connectivity index (χ3n) is 2.40. The van der Waals surface area contributed by atoms with Crippen LogP contribution in [0.4, 0.5) is 0 Å². The van der Waals surface area contributed by atoms with E-state index in [2.05, 4.69) is 20.9 Å². The number of ether oxygens (including phenoxy) is 1.